The average molecular weight is 283 g/mol. The third kappa shape index (κ3) is 7.04. The second-order valence-corrected chi connectivity index (χ2v) is 4.47. The third-order valence-corrected chi connectivity index (χ3v) is 2.91. The normalized spacial score (nSPS) is 9.68. The number of carbonyl (C=O) groups excluding carboxylic acids is 2. The zero-order valence-corrected chi connectivity index (χ0v) is 10.8. The second kappa shape index (κ2) is 8.09. The summed E-state index contributed by atoms with van der Waals surface area (Å²) in [5.74, 6) is -1.79. The molecule has 1 rings (SSSR count). The van der Waals surface area contributed by atoms with Crippen LogP contribution in [0.1, 0.15) is 0 Å². The number of rotatable bonds is 7. The Labute approximate surface area is 113 Å². The molecule has 19 heavy (non-hydrogen) atoms. The molecule has 0 bridgehead atoms. The molecule has 0 aromatic carbocycles. The van der Waals surface area contributed by atoms with E-state index >= 15 is 0 Å². The lowest BCUT2D eigenvalue weighted by atomic mass is 10.5. The molecular weight excluding hydrogens is 270 g/mol. The lowest BCUT2D eigenvalue weighted by Crippen LogP contribution is -2.39. The molecule has 0 radical (unpaired) electrons. The summed E-state index contributed by atoms with van der Waals surface area (Å²) >= 11 is 1.32. The SMILES string of the molecule is O=C(O)CNC(=O)CNC(=O)CSc1ccncc1. The van der Waals surface area contributed by atoms with Gasteiger partial charge in [-0.15, -0.1) is 11.8 Å². The quantitative estimate of drug-likeness (QED) is 0.582. The van der Waals surface area contributed by atoms with Crippen LogP contribution in [0.2, 0.25) is 0 Å². The number of pyridine rings is 1. The maximum absolute atomic E-state index is 11.4. The molecule has 2 amide bonds. The van der Waals surface area contributed by atoms with Gasteiger partial charge in [0.25, 0.3) is 0 Å². The number of aromatic nitrogens is 1. The Morgan fingerprint density at radius 1 is 1.11 bits per heavy atom. The number of amides is 2. The standard InChI is InChI=1S/C11H13N3O4S/c15-9(14-6-11(17)18)5-13-10(16)7-19-8-1-3-12-4-2-8/h1-4H,5-7H2,(H,13,16)(H,14,15)(H,17,18). The van der Waals surface area contributed by atoms with Crippen LogP contribution in [0.25, 0.3) is 0 Å². The first kappa shape index (κ1) is 15.0. The van der Waals surface area contributed by atoms with Crippen LogP contribution in [-0.2, 0) is 14.4 Å². The number of carboxylic acid groups (broad SMARTS) is 1. The summed E-state index contributed by atoms with van der Waals surface area (Å²) < 4.78 is 0. The number of nitrogens with one attached hydrogen (secondary N) is 2. The Morgan fingerprint density at radius 2 is 1.74 bits per heavy atom. The molecule has 0 saturated heterocycles. The monoisotopic (exact) mass is 283 g/mol. The molecule has 0 aliphatic heterocycles. The summed E-state index contributed by atoms with van der Waals surface area (Å²) in [4.78, 5) is 37.5. The lowest BCUT2D eigenvalue weighted by molar-refractivity contribution is -0.137. The van der Waals surface area contributed by atoms with Crippen LogP contribution in [0.4, 0.5) is 0 Å². The van der Waals surface area contributed by atoms with Crippen molar-refractivity contribution in [3.05, 3.63) is 24.5 Å². The van der Waals surface area contributed by atoms with Crippen molar-refractivity contribution in [2.75, 3.05) is 18.8 Å². The zero-order chi connectivity index (χ0) is 14.1. The van der Waals surface area contributed by atoms with Crippen molar-refractivity contribution >= 4 is 29.5 Å². The van der Waals surface area contributed by atoms with Gasteiger partial charge in [0.1, 0.15) is 6.54 Å². The molecule has 7 nitrogen and oxygen atoms in total. The van der Waals surface area contributed by atoms with E-state index in [0.717, 1.165) is 4.90 Å². The van der Waals surface area contributed by atoms with Gasteiger partial charge in [0.15, 0.2) is 0 Å². The van der Waals surface area contributed by atoms with E-state index in [0.29, 0.717) is 0 Å². The van der Waals surface area contributed by atoms with E-state index in [4.69, 9.17) is 5.11 Å². The van der Waals surface area contributed by atoms with Crippen LogP contribution >= 0.6 is 11.8 Å². The summed E-state index contributed by atoms with van der Waals surface area (Å²) in [6.07, 6.45) is 3.25. The van der Waals surface area contributed by atoms with Crippen LogP contribution in [-0.4, -0.2) is 46.7 Å². The van der Waals surface area contributed by atoms with Crippen LogP contribution in [0.5, 0.6) is 0 Å². The summed E-state index contributed by atoms with van der Waals surface area (Å²) in [5, 5.41) is 12.9. The van der Waals surface area contributed by atoms with E-state index < -0.39 is 18.4 Å². The predicted molar refractivity (Wildman–Crippen MR) is 68.6 cm³/mol. The Bertz CT molecular complexity index is 453. The van der Waals surface area contributed by atoms with Gasteiger partial charge < -0.3 is 15.7 Å². The zero-order valence-electron chi connectivity index (χ0n) is 9.96. The van der Waals surface area contributed by atoms with Gasteiger partial charge in [-0.05, 0) is 12.1 Å². The van der Waals surface area contributed by atoms with Crippen LogP contribution in [0.3, 0.4) is 0 Å². The maximum Gasteiger partial charge on any atom is 0.322 e. The number of carbonyl (C=O) groups is 3. The Hall–Kier alpha value is -2.09. The minimum Gasteiger partial charge on any atom is -0.480 e. The van der Waals surface area contributed by atoms with Gasteiger partial charge in [-0.2, -0.15) is 0 Å². The number of hydrogen-bond donors (Lipinski definition) is 3. The highest BCUT2D eigenvalue weighted by molar-refractivity contribution is 8.00. The van der Waals surface area contributed by atoms with Gasteiger partial charge in [-0.3, -0.25) is 19.4 Å². The number of thioether (sulfide) groups is 1. The molecule has 0 spiro atoms. The number of aliphatic carboxylic acids is 1. The summed E-state index contributed by atoms with van der Waals surface area (Å²) in [6.45, 7) is -0.691. The van der Waals surface area contributed by atoms with Crippen molar-refractivity contribution in [1.29, 1.82) is 0 Å². The van der Waals surface area contributed by atoms with E-state index in [1.165, 1.54) is 11.8 Å². The molecule has 0 saturated carbocycles. The third-order valence-electron chi connectivity index (χ3n) is 1.90. The molecule has 0 aliphatic carbocycles. The maximum atomic E-state index is 11.4. The van der Waals surface area contributed by atoms with Crippen molar-refractivity contribution in [3.63, 3.8) is 0 Å². The first-order valence-electron chi connectivity index (χ1n) is 5.36. The van der Waals surface area contributed by atoms with Crippen molar-refractivity contribution in [2.45, 2.75) is 4.90 Å². The van der Waals surface area contributed by atoms with Crippen LogP contribution in [0, 0.1) is 0 Å². The largest absolute Gasteiger partial charge is 0.480 e. The fourth-order valence-corrected chi connectivity index (χ4v) is 1.76. The molecule has 3 N–H and O–H groups in total. The van der Waals surface area contributed by atoms with Gasteiger partial charge in [0, 0.05) is 17.3 Å². The Morgan fingerprint density at radius 3 is 2.37 bits per heavy atom. The van der Waals surface area contributed by atoms with E-state index in [9.17, 15) is 14.4 Å². The molecule has 1 aromatic rings. The van der Waals surface area contributed by atoms with Crippen LogP contribution < -0.4 is 10.6 Å². The minimum atomic E-state index is -1.13. The highest BCUT2D eigenvalue weighted by atomic mass is 32.2. The number of hydrogen-bond acceptors (Lipinski definition) is 5. The van der Waals surface area contributed by atoms with E-state index in [1.807, 2.05) is 0 Å². The fraction of sp³-hybridized carbons (Fsp3) is 0.273. The van der Waals surface area contributed by atoms with E-state index in [2.05, 4.69) is 15.6 Å². The number of carboxylic acids is 1. The first-order valence-corrected chi connectivity index (χ1v) is 6.34. The molecule has 0 atom stereocenters. The fourth-order valence-electron chi connectivity index (χ4n) is 1.05. The minimum absolute atomic E-state index is 0.177. The lowest BCUT2D eigenvalue weighted by Gasteiger charge is -2.05. The summed E-state index contributed by atoms with van der Waals surface area (Å²) in [5.41, 5.74) is 0. The summed E-state index contributed by atoms with van der Waals surface area (Å²) in [7, 11) is 0. The molecule has 8 heteroatoms. The van der Waals surface area contributed by atoms with Gasteiger partial charge >= 0.3 is 5.97 Å². The van der Waals surface area contributed by atoms with Crippen LogP contribution in [0.15, 0.2) is 29.4 Å². The predicted octanol–water partition coefficient (Wildman–Crippen LogP) is -0.509. The molecule has 102 valence electrons. The van der Waals surface area contributed by atoms with Crippen molar-refractivity contribution in [1.82, 2.24) is 15.6 Å². The molecule has 0 aliphatic rings. The smallest absolute Gasteiger partial charge is 0.322 e. The van der Waals surface area contributed by atoms with E-state index in [1.54, 1.807) is 24.5 Å². The van der Waals surface area contributed by atoms with Gasteiger partial charge in [-0.25, -0.2) is 0 Å². The molecule has 0 fully saturated rings. The average Bonchev–Trinajstić information content (AvgIpc) is 2.41. The second-order valence-electron chi connectivity index (χ2n) is 3.42. The van der Waals surface area contributed by atoms with Gasteiger partial charge in [0.2, 0.25) is 11.8 Å². The van der Waals surface area contributed by atoms with Gasteiger partial charge in [-0.1, -0.05) is 0 Å². The molecule has 1 aromatic heterocycles. The molecular formula is C11H13N3O4S. The highest BCUT2D eigenvalue weighted by Crippen LogP contribution is 2.15. The van der Waals surface area contributed by atoms with Crippen molar-refractivity contribution < 1.29 is 19.5 Å². The first-order chi connectivity index (χ1) is 9.08. The van der Waals surface area contributed by atoms with Crippen molar-refractivity contribution in [2.24, 2.45) is 0 Å². The Balaban J connectivity index is 2.17. The topological polar surface area (TPSA) is 108 Å². The highest BCUT2D eigenvalue weighted by Gasteiger charge is 2.07. The number of nitrogens with zero attached hydrogens (tertiary/aromatic N) is 1. The van der Waals surface area contributed by atoms with Crippen molar-refractivity contribution in [3.8, 4) is 0 Å². The molecule has 0 unspecified atom stereocenters. The molecule has 1 heterocycles. The summed E-state index contributed by atoms with van der Waals surface area (Å²) in [6, 6.07) is 3.55. The van der Waals surface area contributed by atoms with Gasteiger partial charge in [0.05, 0.1) is 12.3 Å². The van der Waals surface area contributed by atoms with E-state index in [-0.39, 0.29) is 18.2 Å². The Kier molecular flexibility index (Phi) is 6.37.